The predicted octanol–water partition coefficient (Wildman–Crippen LogP) is -0.213. The number of halogens is 2. The van der Waals surface area contributed by atoms with Crippen LogP contribution in [0.1, 0.15) is 13.8 Å². The molecule has 0 aliphatic heterocycles. The molecule has 0 saturated carbocycles. The minimum atomic E-state index is -0.730. The summed E-state index contributed by atoms with van der Waals surface area (Å²) in [7, 11) is 0. The molecule has 1 rings (SSSR count). The first kappa shape index (κ1) is 13.2. The Morgan fingerprint density at radius 1 is 1.43 bits per heavy atom. The van der Waals surface area contributed by atoms with Crippen molar-refractivity contribution in [2.24, 2.45) is 0 Å². The van der Waals surface area contributed by atoms with Gasteiger partial charge in [0.05, 0.1) is 11.1 Å². The molecule has 0 unspecified atom stereocenters. The minimum absolute atomic E-state index is 0.318. The van der Waals surface area contributed by atoms with Crippen LogP contribution in [0.3, 0.4) is 0 Å². The lowest BCUT2D eigenvalue weighted by Crippen LogP contribution is -2.57. The molecular formula is C7H11Cl2N3O2. The molecule has 1 aromatic rings. The second-order valence-electron chi connectivity index (χ2n) is 2.88. The van der Waals surface area contributed by atoms with E-state index in [1.807, 2.05) is 5.10 Å². The Balaban J connectivity index is 0.000000364. The van der Waals surface area contributed by atoms with Crippen LogP contribution in [0.5, 0.6) is 5.88 Å². The molecule has 0 aromatic carbocycles. The van der Waals surface area contributed by atoms with E-state index in [0.717, 1.165) is 0 Å². The average molecular weight is 240 g/mol. The number of rotatable bonds is 0. The van der Waals surface area contributed by atoms with E-state index >= 15 is 0 Å². The SMILES string of the molecule is CC(C)[NH3+].O=c1[nH]nc([O-])c(Cl)c1Cl. The number of hydrogen-bond donors (Lipinski definition) is 2. The molecule has 5 nitrogen and oxygen atoms in total. The highest BCUT2D eigenvalue weighted by Crippen LogP contribution is 2.21. The first-order chi connectivity index (χ1) is 6.36. The van der Waals surface area contributed by atoms with Crippen LogP contribution in [-0.2, 0) is 0 Å². The van der Waals surface area contributed by atoms with Gasteiger partial charge in [-0.15, -0.1) is 0 Å². The fourth-order valence-corrected chi connectivity index (χ4v) is 0.644. The third-order valence-electron chi connectivity index (χ3n) is 0.839. The van der Waals surface area contributed by atoms with Crippen molar-refractivity contribution in [2.75, 3.05) is 0 Å². The quantitative estimate of drug-likeness (QED) is 0.656. The van der Waals surface area contributed by atoms with Gasteiger partial charge in [-0.25, -0.2) is 5.10 Å². The number of aromatic amines is 1. The zero-order valence-corrected chi connectivity index (χ0v) is 9.32. The van der Waals surface area contributed by atoms with E-state index in [1.165, 1.54) is 0 Å². The van der Waals surface area contributed by atoms with Gasteiger partial charge in [0, 0.05) is 5.88 Å². The van der Waals surface area contributed by atoms with E-state index in [4.69, 9.17) is 23.2 Å². The van der Waals surface area contributed by atoms with E-state index in [-0.39, 0.29) is 10.0 Å². The zero-order valence-electron chi connectivity index (χ0n) is 7.80. The maximum absolute atomic E-state index is 10.5. The van der Waals surface area contributed by atoms with Gasteiger partial charge in [0.1, 0.15) is 5.02 Å². The lowest BCUT2D eigenvalue weighted by molar-refractivity contribution is -0.407. The molecule has 7 heteroatoms. The summed E-state index contributed by atoms with van der Waals surface area (Å²) in [6, 6.07) is 0.583. The smallest absolute Gasteiger partial charge is 0.284 e. The van der Waals surface area contributed by atoms with Crippen LogP contribution in [0.15, 0.2) is 4.79 Å². The Bertz CT molecular complexity index is 349. The highest BCUT2D eigenvalue weighted by atomic mass is 35.5. The summed E-state index contributed by atoms with van der Waals surface area (Å²) in [5.41, 5.74) is 2.98. The van der Waals surface area contributed by atoms with Crippen molar-refractivity contribution in [1.82, 2.24) is 10.2 Å². The lowest BCUT2D eigenvalue weighted by Gasteiger charge is -2.04. The van der Waals surface area contributed by atoms with Crippen molar-refractivity contribution < 1.29 is 10.8 Å². The highest BCUT2D eigenvalue weighted by molar-refractivity contribution is 6.42. The monoisotopic (exact) mass is 239 g/mol. The Morgan fingerprint density at radius 2 is 1.86 bits per heavy atom. The number of H-pyrrole nitrogens is 1. The first-order valence-electron chi connectivity index (χ1n) is 3.80. The normalized spacial score (nSPS) is 9.57. The van der Waals surface area contributed by atoms with Gasteiger partial charge in [0.25, 0.3) is 5.56 Å². The Kier molecular flexibility index (Phi) is 5.52. The van der Waals surface area contributed by atoms with Crippen molar-refractivity contribution >= 4 is 23.2 Å². The molecule has 1 aromatic heterocycles. The number of nitrogens with zero attached hydrogens (tertiary/aromatic N) is 1. The number of hydrogen-bond acceptors (Lipinski definition) is 3. The van der Waals surface area contributed by atoms with Crippen molar-refractivity contribution in [3.8, 4) is 5.88 Å². The standard InChI is InChI=1S/C4H2Cl2N2O2.C3H9N/c5-1-2(6)4(10)8-7-3(1)9;1-3(2)4/h(H,7,9)(H,8,10);3H,4H2,1-2H3. The molecule has 1 heterocycles. The molecule has 0 bridgehead atoms. The van der Waals surface area contributed by atoms with Crippen molar-refractivity contribution in [3.63, 3.8) is 0 Å². The topological polar surface area (TPSA) is 96.5 Å². The van der Waals surface area contributed by atoms with Gasteiger partial charge >= 0.3 is 0 Å². The van der Waals surface area contributed by atoms with Gasteiger partial charge in [0.15, 0.2) is 0 Å². The van der Waals surface area contributed by atoms with Gasteiger partial charge in [-0.05, 0) is 13.8 Å². The molecule has 0 amide bonds. The number of nitrogens with one attached hydrogen (secondary N) is 1. The second kappa shape index (κ2) is 5.85. The van der Waals surface area contributed by atoms with Crippen LogP contribution in [-0.4, -0.2) is 16.2 Å². The van der Waals surface area contributed by atoms with Crippen molar-refractivity contribution in [3.05, 3.63) is 20.4 Å². The summed E-state index contributed by atoms with van der Waals surface area (Å²) >= 11 is 10.5. The van der Waals surface area contributed by atoms with Crippen LogP contribution in [0.25, 0.3) is 0 Å². The van der Waals surface area contributed by atoms with Gasteiger partial charge < -0.3 is 10.8 Å². The Morgan fingerprint density at radius 3 is 2.21 bits per heavy atom. The minimum Gasteiger partial charge on any atom is -0.856 e. The van der Waals surface area contributed by atoms with Gasteiger partial charge in [-0.1, -0.05) is 23.2 Å². The van der Waals surface area contributed by atoms with Crippen LogP contribution in [0.2, 0.25) is 10.0 Å². The summed E-state index contributed by atoms with van der Waals surface area (Å²) in [5, 5.41) is 14.7. The third kappa shape index (κ3) is 4.45. The first-order valence-corrected chi connectivity index (χ1v) is 4.55. The second-order valence-corrected chi connectivity index (χ2v) is 3.64. The van der Waals surface area contributed by atoms with E-state index in [2.05, 4.69) is 24.7 Å². The maximum atomic E-state index is 10.5. The molecule has 4 N–H and O–H groups in total. The Hall–Kier alpha value is -0.780. The summed E-state index contributed by atoms with van der Waals surface area (Å²) in [6.07, 6.45) is 0. The fourth-order valence-electron chi connectivity index (χ4n) is 0.393. The summed E-state index contributed by atoms with van der Waals surface area (Å²) in [5.74, 6) is -0.730. The molecule has 0 spiro atoms. The van der Waals surface area contributed by atoms with Crippen molar-refractivity contribution in [2.45, 2.75) is 19.9 Å². The molecule has 0 atom stereocenters. The van der Waals surface area contributed by atoms with E-state index in [0.29, 0.717) is 6.04 Å². The van der Waals surface area contributed by atoms with Gasteiger partial charge in [-0.3, -0.25) is 4.79 Å². The van der Waals surface area contributed by atoms with Crippen LogP contribution >= 0.6 is 23.2 Å². The molecule has 0 radical (unpaired) electrons. The van der Waals surface area contributed by atoms with Crippen LogP contribution in [0, 0.1) is 0 Å². The molecule has 80 valence electrons. The van der Waals surface area contributed by atoms with Gasteiger partial charge in [-0.2, -0.15) is 5.10 Å². The van der Waals surface area contributed by atoms with Crippen molar-refractivity contribution in [1.29, 1.82) is 0 Å². The number of aromatic nitrogens is 2. The van der Waals surface area contributed by atoms with Gasteiger partial charge in [0.2, 0.25) is 0 Å². The maximum Gasteiger partial charge on any atom is 0.284 e. The van der Waals surface area contributed by atoms with E-state index < -0.39 is 11.4 Å². The summed E-state index contributed by atoms with van der Waals surface area (Å²) in [6.45, 7) is 4.11. The molecule has 14 heavy (non-hydrogen) atoms. The van der Waals surface area contributed by atoms with Crippen LogP contribution in [0.4, 0.5) is 0 Å². The molecule has 0 fully saturated rings. The number of quaternary nitrogens is 1. The Labute approximate surface area is 90.8 Å². The van der Waals surface area contributed by atoms with Crippen LogP contribution < -0.4 is 16.4 Å². The molecule has 0 aliphatic rings. The lowest BCUT2D eigenvalue weighted by atomic mass is 10.5. The fraction of sp³-hybridized carbons (Fsp3) is 0.429. The van der Waals surface area contributed by atoms with E-state index in [9.17, 15) is 9.90 Å². The highest BCUT2D eigenvalue weighted by Gasteiger charge is 2.01. The predicted molar refractivity (Wildman–Crippen MR) is 52.3 cm³/mol. The average Bonchev–Trinajstić information content (AvgIpc) is 2.07. The molecular weight excluding hydrogens is 229 g/mol. The third-order valence-corrected chi connectivity index (χ3v) is 1.65. The largest absolute Gasteiger partial charge is 0.856 e. The summed E-state index contributed by atoms with van der Waals surface area (Å²) in [4.78, 5) is 10.5. The molecule has 0 aliphatic carbocycles. The molecule has 0 saturated heterocycles. The van der Waals surface area contributed by atoms with E-state index in [1.54, 1.807) is 0 Å². The summed E-state index contributed by atoms with van der Waals surface area (Å²) < 4.78 is 0. The zero-order chi connectivity index (χ0) is 11.3.